The Labute approximate surface area is 155 Å². The molecule has 0 spiro atoms. The average Bonchev–Trinajstić information content (AvgIpc) is 2.70. The highest BCUT2D eigenvalue weighted by Gasteiger charge is 2.33. The van der Waals surface area contributed by atoms with Crippen molar-refractivity contribution in [1.29, 1.82) is 0 Å². The molecule has 142 valence electrons. The zero-order chi connectivity index (χ0) is 18.8. The number of ether oxygens (including phenoxy) is 4. The number of aliphatic hydroxyl groups excluding tert-OH is 1. The van der Waals surface area contributed by atoms with Gasteiger partial charge < -0.3 is 24.1 Å². The van der Waals surface area contributed by atoms with Crippen LogP contribution in [0.5, 0.6) is 0 Å². The van der Waals surface area contributed by atoms with Crippen LogP contribution in [0.1, 0.15) is 18.1 Å². The summed E-state index contributed by atoms with van der Waals surface area (Å²) in [5, 5.41) is 10.8. The van der Waals surface area contributed by atoms with E-state index in [4.69, 9.17) is 18.9 Å². The van der Waals surface area contributed by atoms with E-state index in [9.17, 15) is 5.11 Å². The fraction of sp³-hybridized carbons (Fsp3) is 0.429. The van der Waals surface area contributed by atoms with Crippen LogP contribution >= 0.6 is 0 Å². The van der Waals surface area contributed by atoms with Gasteiger partial charge in [-0.1, -0.05) is 60.7 Å². The van der Waals surface area contributed by atoms with E-state index in [0.717, 1.165) is 11.1 Å². The number of hydrogen-bond donors (Lipinski definition) is 1. The monoisotopic (exact) mass is 360 g/mol. The normalized spacial score (nSPS) is 16.0. The van der Waals surface area contributed by atoms with Crippen molar-refractivity contribution in [2.75, 3.05) is 14.2 Å². The highest BCUT2D eigenvalue weighted by Crippen LogP contribution is 2.18. The van der Waals surface area contributed by atoms with E-state index in [-0.39, 0.29) is 6.10 Å². The highest BCUT2D eigenvalue weighted by atomic mass is 16.7. The van der Waals surface area contributed by atoms with Gasteiger partial charge in [0.15, 0.2) is 6.29 Å². The number of aliphatic hydroxyl groups is 1. The minimum atomic E-state index is -0.998. The molecule has 0 aliphatic carbocycles. The molecule has 2 aromatic carbocycles. The molecule has 26 heavy (non-hydrogen) atoms. The van der Waals surface area contributed by atoms with Crippen molar-refractivity contribution in [1.82, 2.24) is 0 Å². The van der Waals surface area contributed by atoms with Gasteiger partial charge in [0.05, 0.1) is 19.3 Å². The first-order valence-corrected chi connectivity index (χ1v) is 8.70. The van der Waals surface area contributed by atoms with Crippen molar-refractivity contribution >= 4 is 0 Å². The lowest BCUT2D eigenvalue weighted by Crippen LogP contribution is -2.47. The van der Waals surface area contributed by atoms with Crippen molar-refractivity contribution in [2.45, 2.75) is 44.7 Å². The molecule has 0 heterocycles. The topological polar surface area (TPSA) is 57.2 Å². The SMILES string of the molecule is COC(C)C(OCc1ccccc1)C(O)C(OC)OCc1ccccc1. The molecule has 0 aliphatic rings. The van der Waals surface area contributed by atoms with Gasteiger partial charge in [-0.2, -0.15) is 0 Å². The molecule has 5 heteroatoms. The van der Waals surface area contributed by atoms with E-state index in [0.29, 0.717) is 13.2 Å². The van der Waals surface area contributed by atoms with Crippen molar-refractivity contribution in [2.24, 2.45) is 0 Å². The molecule has 2 aromatic rings. The molecule has 0 amide bonds. The van der Waals surface area contributed by atoms with Crippen LogP contribution in [0.15, 0.2) is 60.7 Å². The number of rotatable bonds is 11. The van der Waals surface area contributed by atoms with Gasteiger partial charge >= 0.3 is 0 Å². The summed E-state index contributed by atoms with van der Waals surface area (Å²) in [6, 6.07) is 19.5. The van der Waals surface area contributed by atoms with Crippen LogP contribution in [0.3, 0.4) is 0 Å². The maximum Gasteiger partial charge on any atom is 0.186 e. The van der Waals surface area contributed by atoms with Gasteiger partial charge in [-0.05, 0) is 18.1 Å². The van der Waals surface area contributed by atoms with E-state index >= 15 is 0 Å². The smallest absolute Gasteiger partial charge is 0.186 e. The lowest BCUT2D eigenvalue weighted by molar-refractivity contribution is -0.230. The largest absolute Gasteiger partial charge is 0.385 e. The lowest BCUT2D eigenvalue weighted by atomic mass is 10.1. The highest BCUT2D eigenvalue weighted by molar-refractivity contribution is 5.14. The van der Waals surface area contributed by atoms with Crippen LogP contribution in [-0.4, -0.2) is 43.9 Å². The number of benzene rings is 2. The van der Waals surface area contributed by atoms with Crippen LogP contribution in [0.4, 0.5) is 0 Å². The number of methoxy groups -OCH3 is 2. The van der Waals surface area contributed by atoms with Crippen molar-refractivity contribution in [3.05, 3.63) is 71.8 Å². The molecule has 0 fully saturated rings. The van der Waals surface area contributed by atoms with E-state index in [1.165, 1.54) is 7.11 Å². The van der Waals surface area contributed by atoms with Gasteiger partial charge in [0.2, 0.25) is 0 Å². The predicted molar refractivity (Wildman–Crippen MR) is 99.5 cm³/mol. The summed E-state index contributed by atoms with van der Waals surface area (Å²) >= 11 is 0. The van der Waals surface area contributed by atoms with Crippen LogP contribution in [0.25, 0.3) is 0 Å². The second kappa shape index (κ2) is 11.1. The summed E-state index contributed by atoms with van der Waals surface area (Å²) in [5.41, 5.74) is 2.02. The van der Waals surface area contributed by atoms with E-state index in [1.807, 2.05) is 67.6 Å². The zero-order valence-electron chi connectivity index (χ0n) is 15.6. The van der Waals surface area contributed by atoms with Gasteiger partial charge in [0.1, 0.15) is 12.2 Å². The van der Waals surface area contributed by atoms with Gasteiger partial charge in [0, 0.05) is 14.2 Å². The van der Waals surface area contributed by atoms with E-state index in [1.54, 1.807) is 7.11 Å². The minimum Gasteiger partial charge on any atom is -0.385 e. The van der Waals surface area contributed by atoms with E-state index < -0.39 is 18.5 Å². The first kappa shape index (κ1) is 20.6. The predicted octanol–water partition coefficient (Wildman–Crippen LogP) is 3.16. The molecule has 5 nitrogen and oxygen atoms in total. The van der Waals surface area contributed by atoms with Crippen molar-refractivity contribution < 1.29 is 24.1 Å². The molecular weight excluding hydrogens is 332 g/mol. The van der Waals surface area contributed by atoms with Crippen LogP contribution in [-0.2, 0) is 32.2 Å². The Bertz CT molecular complexity index is 604. The standard InChI is InChI=1S/C21H28O5/c1-16(23-2)20(25-14-17-10-6-4-7-11-17)19(22)21(24-3)26-15-18-12-8-5-9-13-18/h4-13,16,19-22H,14-15H2,1-3H3. The van der Waals surface area contributed by atoms with Gasteiger partial charge in [-0.15, -0.1) is 0 Å². The molecule has 0 saturated heterocycles. The molecule has 0 saturated carbocycles. The molecule has 1 N–H and O–H groups in total. The second-order valence-electron chi connectivity index (χ2n) is 6.09. The molecule has 0 radical (unpaired) electrons. The maximum atomic E-state index is 10.8. The summed E-state index contributed by atoms with van der Waals surface area (Å²) in [7, 11) is 3.09. The Morgan fingerprint density at radius 2 is 1.27 bits per heavy atom. The first-order valence-electron chi connectivity index (χ1n) is 8.70. The average molecular weight is 360 g/mol. The molecule has 2 rings (SSSR count). The van der Waals surface area contributed by atoms with Gasteiger partial charge in [-0.25, -0.2) is 0 Å². The third kappa shape index (κ3) is 6.20. The lowest BCUT2D eigenvalue weighted by Gasteiger charge is -2.32. The summed E-state index contributed by atoms with van der Waals surface area (Å²) < 4.78 is 22.4. The molecular formula is C21H28O5. The number of hydrogen-bond acceptors (Lipinski definition) is 5. The van der Waals surface area contributed by atoms with Gasteiger partial charge in [-0.3, -0.25) is 0 Å². The quantitative estimate of drug-likeness (QED) is 0.624. The fourth-order valence-electron chi connectivity index (χ4n) is 2.63. The van der Waals surface area contributed by atoms with Crippen molar-refractivity contribution in [3.63, 3.8) is 0 Å². The summed E-state index contributed by atoms with van der Waals surface area (Å²) in [4.78, 5) is 0. The molecule has 0 aromatic heterocycles. The van der Waals surface area contributed by atoms with Crippen molar-refractivity contribution in [3.8, 4) is 0 Å². The molecule has 0 bridgehead atoms. The first-order chi connectivity index (χ1) is 12.7. The summed E-state index contributed by atoms with van der Waals surface area (Å²) in [5.74, 6) is 0. The Morgan fingerprint density at radius 1 is 0.769 bits per heavy atom. The summed E-state index contributed by atoms with van der Waals surface area (Å²) in [6.07, 6.45) is -2.75. The third-order valence-electron chi connectivity index (χ3n) is 4.22. The fourth-order valence-corrected chi connectivity index (χ4v) is 2.63. The second-order valence-corrected chi connectivity index (χ2v) is 6.09. The maximum absolute atomic E-state index is 10.8. The Kier molecular flexibility index (Phi) is 8.74. The Hall–Kier alpha value is -1.76. The third-order valence-corrected chi connectivity index (χ3v) is 4.22. The Balaban J connectivity index is 1.99. The minimum absolute atomic E-state index is 0.327. The molecule has 4 atom stereocenters. The van der Waals surface area contributed by atoms with Crippen LogP contribution in [0, 0.1) is 0 Å². The van der Waals surface area contributed by atoms with E-state index in [2.05, 4.69) is 0 Å². The zero-order valence-corrected chi connectivity index (χ0v) is 15.6. The van der Waals surface area contributed by atoms with Crippen LogP contribution in [0.2, 0.25) is 0 Å². The Morgan fingerprint density at radius 3 is 1.73 bits per heavy atom. The van der Waals surface area contributed by atoms with Gasteiger partial charge in [0.25, 0.3) is 0 Å². The molecule has 0 aliphatic heterocycles. The van der Waals surface area contributed by atoms with Crippen LogP contribution < -0.4 is 0 Å². The summed E-state index contributed by atoms with van der Waals surface area (Å²) in [6.45, 7) is 2.55. The molecule has 4 unspecified atom stereocenters.